The third-order valence-electron chi connectivity index (χ3n) is 4.82. The Labute approximate surface area is 107 Å². The first kappa shape index (κ1) is 11.7. The van der Waals surface area contributed by atoms with Gasteiger partial charge >= 0.3 is 0 Å². The van der Waals surface area contributed by atoms with E-state index in [4.69, 9.17) is 5.73 Å². The number of nitrogens with two attached hydrogens (primary N) is 1. The molecule has 2 atom stereocenters. The molecule has 1 aliphatic carbocycles. The summed E-state index contributed by atoms with van der Waals surface area (Å²) in [5.41, 5.74) is 7.05. The van der Waals surface area contributed by atoms with E-state index in [-0.39, 0.29) is 17.4 Å². The first-order chi connectivity index (χ1) is 8.65. The molecule has 0 bridgehead atoms. The van der Waals surface area contributed by atoms with Crippen LogP contribution < -0.4 is 5.73 Å². The van der Waals surface area contributed by atoms with Crippen molar-refractivity contribution in [3.8, 4) is 0 Å². The number of rotatable bonds is 3. The molecule has 0 heterocycles. The highest BCUT2D eigenvalue weighted by atomic mass is 16.3. The van der Waals surface area contributed by atoms with Crippen molar-refractivity contribution in [3.63, 3.8) is 0 Å². The van der Waals surface area contributed by atoms with E-state index in [0.717, 1.165) is 6.42 Å². The zero-order chi connectivity index (χ0) is 12.8. The van der Waals surface area contributed by atoms with Crippen LogP contribution in [-0.2, 0) is 5.41 Å². The molecule has 3 rings (SSSR count). The van der Waals surface area contributed by atoms with Crippen molar-refractivity contribution in [2.24, 2.45) is 11.1 Å². The summed E-state index contributed by atoms with van der Waals surface area (Å²) in [6, 6.07) is 14.9. The Hall–Kier alpha value is -1.38. The van der Waals surface area contributed by atoms with Crippen molar-refractivity contribution in [1.82, 2.24) is 0 Å². The lowest BCUT2D eigenvalue weighted by Gasteiger charge is -2.20. The van der Waals surface area contributed by atoms with Gasteiger partial charge in [-0.3, -0.25) is 0 Å². The molecular formula is C16H19NO. The standard InChI is InChI=1S/C16H19NO/c1-15(9-16(15,10-17)11-18)14-7-6-12-4-2-3-5-13(12)8-14/h2-8,18H,9-11,17H2,1H3. The van der Waals surface area contributed by atoms with Crippen molar-refractivity contribution in [1.29, 1.82) is 0 Å². The first-order valence-electron chi connectivity index (χ1n) is 6.45. The van der Waals surface area contributed by atoms with Crippen LogP contribution >= 0.6 is 0 Å². The largest absolute Gasteiger partial charge is 0.396 e. The van der Waals surface area contributed by atoms with E-state index >= 15 is 0 Å². The Bertz CT molecular complexity index is 588. The summed E-state index contributed by atoms with van der Waals surface area (Å²) in [4.78, 5) is 0. The lowest BCUT2D eigenvalue weighted by atomic mass is 9.87. The molecular weight excluding hydrogens is 222 g/mol. The van der Waals surface area contributed by atoms with Crippen molar-refractivity contribution in [2.45, 2.75) is 18.8 Å². The molecule has 18 heavy (non-hydrogen) atoms. The lowest BCUT2D eigenvalue weighted by Crippen LogP contribution is -2.27. The predicted molar refractivity (Wildman–Crippen MR) is 74.5 cm³/mol. The molecule has 0 aliphatic heterocycles. The maximum Gasteiger partial charge on any atom is 0.0508 e. The van der Waals surface area contributed by atoms with Gasteiger partial charge in [-0.05, 0) is 22.8 Å². The van der Waals surface area contributed by atoms with Crippen LogP contribution in [0.4, 0.5) is 0 Å². The highest BCUT2D eigenvalue weighted by Gasteiger charge is 2.63. The van der Waals surface area contributed by atoms with E-state index in [2.05, 4.69) is 49.4 Å². The fourth-order valence-electron chi connectivity index (χ4n) is 3.17. The number of fused-ring (bicyclic) bond motifs is 1. The first-order valence-corrected chi connectivity index (χ1v) is 6.45. The predicted octanol–water partition coefficient (Wildman–Crippen LogP) is 2.44. The van der Waals surface area contributed by atoms with Gasteiger partial charge in [-0.25, -0.2) is 0 Å². The molecule has 0 radical (unpaired) electrons. The second-order valence-electron chi connectivity index (χ2n) is 5.71. The van der Waals surface area contributed by atoms with Gasteiger partial charge in [-0.1, -0.05) is 49.4 Å². The van der Waals surface area contributed by atoms with Crippen molar-refractivity contribution < 1.29 is 5.11 Å². The third kappa shape index (κ3) is 1.43. The SMILES string of the molecule is CC1(c2ccc3ccccc3c2)CC1(CN)CO. The van der Waals surface area contributed by atoms with E-state index in [1.165, 1.54) is 16.3 Å². The average Bonchev–Trinajstić information content (AvgIpc) is 3.06. The minimum absolute atomic E-state index is 0.0283. The number of benzene rings is 2. The van der Waals surface area contributed by atoms with Crippen LogP contribution in [0.3, 0.4) is 0 Å². The molecule has 3 N–H and O–H groups in total. The van der Waals surface area contributed by atoms with Gasteiger partial charge in [0.2, 0.25) is 0 Å². The van der Waals surface area contributed by atoms with Gasteiger partial charge in [0, 0.05) is 17.4 Å². The summed E-state index contributed by atoms with van der Waals surface area (Å²) >= 11 is 0. The van der Waals surface area contributed by atoms with Gasteiger partial charge in [-0.15, -0.1) is 0 Å². The van der Waals surface area contributed by atoms with Crippen LogP contribution in [0.15, 0.2) is 42.5 Å². The van der Waals surface area contributed by atoms with Crippen molar-refractivity contribution in [2.75, 3.05) is 13.2 Å². The van der Waals surface area contributed by atoms with Gasteiger partial charge in [0.05, 0.1) is 6.61 Å². The number of hydrogen-bond donors (Lipinski definition) is 2. The molecule has 0 amide bonds. The highest BCUT2D eigenvalue weighted by Crippen LogP contribution is 2.63. The van der Waals surface area contributed by atoms with Crippen molar-refractivity contribution >= 4 is 10.8 Å². The van der Waals surface area contributed by atoms with E-state index in [1.807, 2.05) is 0 Å². The van der Waals surface area contributed by atoms with Crippen LogP contribution in [0.2, 0.25) is 0 Å². The molecule has 2 aromatic rings. The van der Waals surface area contributed by atoms with Gasteiger partial charge in [0.15, 0.2) is 0 Å². The molecule has 0 spiro atoms. The molecule has 2 unspecified atom stereocenters. The maximum absolute atomic E-state index is 9.59. The Morgan fingerprint density at radius 2 is 1.89 bits per heavy atom. The second kappa shape index (κ2) is 3.81. The Balaban J connectivity index is 2.06. The minimum Gasteiger partial charge on any atom is -0.396 e. The molecule has 2 nitrogen and oxygen atoms in total. The minimum atomic E-state index is -0.116. The Morgan fingerprint density at radius 1 is 1.17 bits per heavy atom. The lowest BCUT2D eigenvalue weighted by molar-refractivity contribution is 0.198. The maximum atomic E-state index is 9.59. The summed E-state index contributed by atoms with van der Waals surface area (Å²) in [5, 5.41) is 12.1. The Kier molecular flexibility index (Phi) is 2.47. The molecule has 0 aromatic heterocycles. The van der Waals surface area contributed by atoms with Crippen LogP contribution in [-0.4, -0.2) is 18.3 Å². The van der Waals surface area contributed by atoms with E-state index in [1.54, 1.807) is 0 Å². The summed E-state index contributed by atoms with van der Waals surface area (Å²) in [7, 11) is 0. The molecule has 1 saturated carbocycles. The van der Waals surface area contributed by atoms with Gasteiger partial charge < -0.3 is 10.8 Å². The molecule has 1 aliphatic rings. The van der Waals surface area contributed by atoms with Gasteiger partial charge in [0.1, 0.15) is 0 Å². The fraction of sp³-hybridized carbons (Fsp3) is 0.375. The van der Waals surface area contributed by atoms with E-state index < -0.39 is 0 Å². The average molecular weight is 241 g/mol. The zero-order valence-corrected chi connectivity index (χ0v) is 10.7. The summed E-state index contributed by atoms with van der Waals surface area (Å²) in [6.45, 7) is 2.93. The molecule has 2 aromatic carbocycles. The topological polar surface area (TPSA) is 46.2 Å². The third-order valence-corrected chi connectivity index (χ3v) is 4.82. The smallest absolute Gasteiger partial charge is 0.0508 e. The Morgan fingerprint density at radius 3 is 2.50 bits per heavy atom. The van der Waals surface area contributed by atoms with Crippen LogP contribution in [0.5, 0.6) is 0 Å². The molecule has 0 saturated heterocycles. The number of aliphatic hydroxyl groups is 1. The highest BCUT2D eigenvalue weighted by molar-refractivity contribution is 5.83. The summed E-state index contributed by atoms with van der Waals surface area (Å²) in [5.74, 6) is 0. The fourth-order valence-corrected chi connectivity index (χ4v) is 3.17. The van der Waals surface area contributed by atoms with Crippen LogP contribution in [0.1, 0.15) is 18.9 Å². The number of aliphatic hydroxyl groups excluding tert-OH is 1. The van der Waals surface area contributed by atoms with Crippen LogP contribution in [0, 0.1) is 5.41 Å². The molecule has 1 fully saturated rings. The van der Waals surface area contributed by atoms with Gasteiger partial charge in [-0.2, -0.15) is 0 Å². The van der Waals surface area contributed by atoms with E-state index in [0.29, 0.717) is 6.54 Å². The normalized spacial score (nSPS) is 30.6. The second-order valence-corrected chi connectivity index (χ2v) is 5.71. The monoisotopic (exact) mass is 241 g/mol. The van der Waals surface area contributed by atoms with Crippen molar-refractivity contribution in [3.05, 3.63) is 48.0 Å². The quantitative estimate of drug-likeness (QED) is 0.867. The molecule has 94 valence electrons. The summed E-state index contributed by atoms with van der Waals surface area (Å²) < 4.78 is 0. The zero-order valence-electron chi connectivity index (χ0n) is 10.7. The van der Waals surface area contributed by atoms with Crippen LogP contribution in [0.25, 0.3) is 10.8 Å². The van der Waals surface area contributed by atoms with E-state index in [9.17, 15) is 5.11 Å². The summed E-state index contributed by atoms with van der Waals surface area (Å²) in [6.07, 6.45) is 0.978. The van der Waals surface area contributed by atoms with Gasteiger partial charge in [0.25, 0.3) is 0 Å². The molecule has 2 heteroatoms. The number of hydrogen-bond acceptors (Lipinski definition) is 2.